The number of hydrogen-bond donors (Lipinski definition) is 1. The van der Waals surface area contributed by atoms with Crippen molar-refractivity contribution >= 4 is 28.5 Å². The Balaban J connectivity index is 1.62. The summed E-state index contributed by atoms with van der Waals surface area (Å²) >= 11 is 0. The minimum absolute atomic E-state index is 0.0665. The fraction of sp³-hybridized carbons (Fsp3) is 0.259. The zero-order chi connectivity index (χ0) is 24.8. The van der Waals surface area contributed by atoms with Crippen LogP contribution in [-0.4, -0.2) is 54.9 Å². The fourth-order valence-corrected chi connectivity index (χ4v) is 3.61. The first kappa shape index (κ1) is 24.1. The summed E-state index contributed by atoms with van der Waals surface area (Å²) in [6.45, 7) is 3.03. The van der Waals surface area contributed by atoms with E-state index in [0.29, 0.717) is 41.3 Å². The van der Waals surface area contributed by atoms with Crippen LogP contribution in [0.2, 0.25) is 0 Å². The van der Waals surface area contributed by atoms with Crippen LogP contribution in [-0.2, 0) is 11.3 Å². The molecular weight excluding hydrogens is 446 g/mol. The maximum absolute atomic E-state index is 13.7. The third-order valence-electron chi connectivity index (χ3n) is 5.49. The second-order valence-electron chi connectivity index (χ2n) is 8.47. The molecule has 8 heteroatoms. The molecule has 4 aromatic rings. The number of anilines is 1. The van der Waals surface area contributed by atoms with Gasteiger partial charge in [-0.25, -0.2) is 0 Å². The number of nitrogens with zero attached hydrogens (tertiary/aromatic N) is 2. The van der Waals surface area contributed by atoms with Crippen molar-refractivity contribution in [3.05, 3.63) is 84.5 Å². The summed E-state index contributed by atoms with van der Waals surface area (Å²) in [5.41, 5.74) is 0.835. The van der Waals surface area contributed by atoms with Gasteiger partial charge in [0.15, 0.2) is 6.10 Å². The predicted molar refractivity (Wildman–Crippen MR) is 133 cm³/mol. The molecule has 0 fully saturated rings. The van der Waals surface area contributed by atoms with Crippen molar-refractivity contribution in [1.29, 1.82) is 0 Å². The summed E-state index contributed by atoms with van der Waals surface area (Å²) in [6.07, 6.45) is 0.784. The van der Waals surface area contributed by atoms with Crippen LogP contribution in [0.4, 0.5) is 5.69 Å². The smallest absolute Gasteiger partial charge is 0.292 e. The molecule has 2 heterocycles. The molecule has 4 rings (SSSR count). The van der Waals surface area contributed by atoms with Gasteiger partial charge in [-0.2, -0.15) is 0 Å². The molecule has 0 radical (unpaired) electrons. The predicted octanol–water partition coefficient (Wildman–Crippen LogP) is 4.64. The van der Waals surface area contributed by atoms with E-state index >= 15 is 0 Å². The molecule has 8 nitrogen and oxygen atoms in total. The summed E-state index contributed by atoms with van der Waals surface area (Å²) < 4.78 is 17.2. The van der Waals surface area contributed by atoms with Gasteiger partial charge in [-0.1, -0.05) is 30.3 Å². The second kappa shape index (κ2) is 10.9. The molecule has 0 saturated heterocycles. The molecule has 2 amide bonds. The van der Waals surface area contributed by atoms with Crippen LogP contribution in [0.5, 0.6) is 5.75 Å². The topological polar surface area (TPSA) is 88.2 Å². The highest BCUT2D eigenvalue weighted by Crippen LogP contribution is 2.32. The second-order valence-corrected chi connectivity index (χ2v) is 8.47. The van der Waals surface area contributed by atoms with Crippen LogP contribution < -0.4 is 10.1 Å². The molecule has 0 aliphatic rings. The average molecular weight is 476 g/mol. The lowest BCUT2D eigenvalue weighted by Crippen LogP contribution is -2.37. The molecule has 2 aromatic carbocycles. The van der Waals surface area contributed by atoms with Crippen molar-refractivity contribution in [1.82, 2.24) is 9.80 Å². The largest absolute Gasteiger partial charge is 0.481 e. The number of furan rings is 2. The van der Waals surface area contributed by atoms with Gasteiger partial charge in [-0.3, -0.25) is 9.59 Å². The molecule has 182 valence electrons. The first-order valence-electron chi connectivity index (χ1n) is 11.4. The number of para-hydroxylation sites is 2. The highest BCUT2D eigenvalue weighted by molar-refractivity contribution is 6.11. The quantitative estimate of drug-likeness (QED) is 0.360. The van der Waals surface area contributed by atoms with E-state index in [1.165, 1.54) is 0 Å². The van der Waals surface area contributed by atoms with E-state index in [2.05, 4.69) is 5.32 Å². The molecule has 0 aliphatic heterocycles. The summed E-state index contributed by atoms with van der Waals surface area (Å²) in [6, 6.07) is 19.9. The van der Waals surface area contributed by atoms with Gasteiger partial charge in [0.2, 0.25) is 5.76 Å². The van der Waals surface area contributed by atoms with Crippen LogP contribution in [0.15, 0.2) is 81.8 Å². The first-order valence-corrected chi connectivity index (χ1v) is 11.4. The molecular formula is C27H29N3O5. The number of nitrogens with one attached hydrogen (secondary N) is 1. The lowest BCUT2D eigenvalue weighted by molar-refractivity contribution is -0.122. The Hall–Kier alpha value is -4.04. The minimum Gasteiger partial charge on any atom is -0.481 e. The van der Waals surface area contributed by atoms with E-state index in [9.17, 15) is 9.59 Å². The molecule has 0 bridgehead atoms. The molecule has 0 spiro atoms. The number of benzene rings is 2. The Bertz CT molecular complexity index is 1260. The Morgan fingerprint density at radius 2 is 1.71 bits per heavy atom. The van der Waals surface area contributed by atoms with E-state index in [4.69, 9.17) is 13.6 Å². The van der Waals surface area contributed by atoms with Crippen molar-refractivity contribution in [2.75, 3.05) is 32.5 Å². The van der Waals surface area contributed by atoms with E-state index in [1.54, 1.807) is 42.4 Å². The molecule has 0 aliphatic carbocycles. The van der Waals surface area contributed by atoms with Crippen LogP contribution in [0.25, 0.3) is 11.0 Å². The van der Waals surface area contributed by atoms with Crippen molar-refractivity contribution in [2.24, 2.45) is 0 Å². The van der Waals surface area contributed by atoms with Crippen molar-refractivity contribution in [3.8, 4) is 5.75 Å². The Morgan fingerprint density at radius 3 is 2.43 bits per heavy atom. The number of ether oxygens (including phenoxy) is 1. The summed E-state index contributed by atoms with van der Waals surface area (Å²) in [7, 11) is 3.88. The molecule has 1 N–H and O–H groups in total. The molecule has 35 heavy (non-hydrogen) atoms. The first-order chi connectivity index (χ1) is 16.9. The van der Waals surface area contributed by atoms with Crippen molar-refractivity contribution in [2.45, 2.75) is 19.6 Å². The van der Waals surface area contributed by atoms with E-state index in [-0.39, 0.29) is 24.1 Å². The Kier molecular flexibility index (Phi) is 7.52. The maximum atomic E-state index is 13.7. The van der Waals surface area contributed by atoms with E-state index in [0.717, 1.165) is 0 Å². The maximum Gasteiger partial charge on any atom is 0.292 e. The van der Waals surface area contributed by atoms with Gasteiger partial charge in [0.1, 0.15) is 22.8 Å². The number of carbonyl (C=O) groups excluding carboxylic acids is 2. The SMILES string of the molecule is C[C@@H](Oc1ccccc1)C(=O)Nc1c(C(=O)N(CCN(C)C)Cc2ccco2)oc2ccccc12. The molecule has 1 atom stereocenters. The van der Waals surface area contributed by atoms with Gasteiger partial charge >= 0.3 is 0 Å². The monoisotopic (exact) mass is 475 g/mol. The number of hydrogen-bond acceptors (Lipinski definition) is 6. The van der Waals surface area contributed by atoms with Gasteiger partial charge in [0, 0.05) is 18.5 Å². The highest BCUT2D eigenvalue weighted by atomic mass is 16.5. The van der Waals surface area contributed by atoms with E-state index < -0.39 is 6.10 Å². The number of rotatable bonds is 10. The molecule has 0 saturated carbocycles. The Labute approximate surface area is 204 Å². The van der Waals surface area contributed by atoms with E-state index in [1.807, 2.05) is 61.5 Å². The third-order valence-corrected chi connectivity index (χ3v) is 5.49. The van der Waals surface area contributed by atoms with Crippen LogP contribution in [0, 0.1) is 0 Å². The van der Waals surface area contributed by atoms with Crippen molar-refractivity contribution in [3.63, 3.8) is 0 Å². The lowest BCUT2D eigenvalue weighted by atomic mass is 10.2. The Morgan fingerprint density at radius 1 is 0.971 bits per heavy atom. The highest BCUT2D eigenvalue weighted by Gasteiger charge is 2.28. The van der Waals surface area contributed by atoms with Crippen LogP contribution in [0.1, 0.15) is 23.2 Å². The fourth-order valence-electron chi connectivity index (χ4n) is 3.61. The normalized spacial score (nSPS) is 12.0. The van der Waals surface area contributed by atoms with Gasteiger partial charge in [0.05, 0.1) is 12.8 Å². The standard InChI is InChI=1S/C27H29N3O5/c1-19(34-20-10-5-4-6-11-20)26(31)28-24-22-13-7-8-14-23(22)35-25(24)27(32)30(16-15-29(2)3)18-21-12-9-17-33-21/h4-14,17,19H,15-16,18H2,1-3H3,(H,28,31)/t19-/m1/s1. The third kappa shape index (κ3) is 5.91. The molecule has 2 aromatic heterocycles. The number of likely N-dealkylation sites (N-methyl/N-ethyl adjacent to an activating group) is 1. The zero-order valence-corrected chi connectivity index (χ0v) is 20.1. The summed E-state index contributed by atoms with van der Waals surface area (Å²) in [4.78, 5) is 30.4. The number of fused-ring (bicyclic) bond motifs is 1. The number of amides is 2. The van der Waals surface area contributed by atoms with Gasteiger partial charge in [0.25, 0.3) is 11.8 Å². The lowest BCUT2D eigenvalue weighted by Gasteiger charge is -2.23. The number of carbonyl (C=O) groups is 2. The van der Waals surface area contributed by atoms with Crippen LogP contribution in [0.3, 0.4) is 0 Å². The molecule has 0 unspecified atom stereocenters. The average Bonchev–Trinajstić information content (AvgIpc) is 3.50. The van der Waals surface area contributed by atoms with Crippen LogP contribution >= 0.6 is 0 Å². The summed E-state index contributed by atoms with van der Waals surface area (Å²) in [5.74, 6) is 0.573. The minimum atomic E-state index is -0.790. The van der Waals surface area contributed by atoms with Gasteiger partial charge in [-0.05, 0) is 57.4 Å². The zero-order valence-electron chi connectivity index (χ0n) is 20.1. The summed E-state index contributed by atoms with van der Waals surface area (Å²) in [5, 5.41) is 3.51. The van der Waals surface area contributed by atoms with Crippen molar-refractivity contribution < 1.29 is 23.2 Å². The van der Waals surface area contributed by atoms with Gasteiger partial charge < -0.3 is 28.7 Å². The van der Waals surface area contributed by atoms with Gasteiger partial charge in [-0.15, -0.1) is 0 Å².